The Morgan fingerprint density at radius 1 is 1.26 bits per heavy atom. The molecule has 23 heavy (non-hydrogen) atoms. The maximum absolute atomic E-state index is 11.9. The number of nitrogens with two attached hydrogens (primary N) is 1. The van der Waals surface area contributed by atoms with Gasteiger partial charge in [0.25, 0.3) is 5.56 Å². The molecular weight excluding hydrogens is 314 g/mol. The monoisotopic (exact) mass is 331 g/mol. The Labute approximate surface area is 136 Å². The predicted octanol–water partition coefficient (Wildman–Crippen LogP) is 1.03. The minimum Gasteiger partial charge on any atom is -0.395 e. The van der Waals surface area contributed by atoms with Gasteiger partial charge in [0.1, 0.15) is 0 Å². The number of hydrogen-bond donors (Lipinski definition) is 3. The number of aliphatic hydroxyl groups is 1. The largest absolute Gasteiger partial charge is 0.395 e. The van der Waals surface area contributed by atoms with Gasteiger partial charge in [-0.3, -0.25) is 9.78 Å². The van der Waals surface area contributed by atoms with Crippen molar-refractivity contribution >= 4 is 28.9 Å². The normalized spacial score (nSPS) is 11.2. The summed E-state index contributed by atoms with van der Waals surface area (Å²) in [6.45, 7) is 0.256. The summed E-state index contributed by atoms with van der Waals surface area (Å²) in [5, 5.41) is 9.92. The molecule has 0 aliphatic carbocycles. The third kappa shape index (κ3) is 3.38. The van der Waals surface area contributed by atoms with Gasteiger partial charge in [0.15, 0.2) is 16.3 Å². The maximum atomic E-state index is 11.9. The first-order valence-corrected chi connectivity index (χ1v) is 8.21. The number of aromatic amines is 1. The number of aryl methyl sites for hydroxylation is 1. The molecule has 0 radical (unpaired) electrons. The molecule has 2 heterocycles. The standard InChI is InChI=1S/C15H17N5O2S/c16-14-18-12-11(13(22)19-14)17-15(20(12)7-8-21)23-9-6-10-4-2-1-3-5-10/h1-5,21H,6-9H2,(H3,16,18,19,22). The average molecular weight is 331 g/mol. The van der Waals surface area contributed by atoms with E-state index in [0.717, 1.165) is 12.2 Å². The highest BCUT2D eigenvalue weighted by Gasteiger charge is 2.15. The van der Waals surface area contributed by atoms with Crippen LogP contribution in [0.25, 0.3) is 11.2 Å². The number of nitrogens with one attached hydrogen (secondary N) is 1. The molecule has 4 N–H and O–H groups in total. The lowest BCUT2D eigenvalue weighted by atomic mass is 10.2. The molecule has 2 aromatic heterocycles. The summed E-state index contributed by atoms with van der Waals surface area (Å²) >= 11 is 1.53. The lowest BCUT2D eigenvalue weighted by Gasteiger charge is -2.06. The van der Waals surface area contributed by atoms with Crippen molar-refractivity contribution in [3.8, 4) is 0 Å². The van der Waals surface area contributed by atoms with Gasteiger partial charge in [-0.05, 0) is 12.0 Å². The van der Waals surface area contributed by atoms with Crippen LogP contribution < -0.4 is 11.3 Å². The molecule has 7 nitrogen and oxygen atoms in total. The van der Waals surface area contributed by atoms with Crippen LogP contribution >= 0.6 is 11.8 Å². The van der Waals surface area contributed by atoms with Crippen LogP contribution in [0, 0.1) is 0 Å². The highest BCUT2D eigenvalue weighted by atomic mass is 32.2. The summed E-state index contributed by atoms with van der Waals surface area (Å²) in [6, 6.07) is 10.1. The van der Waals surface area contributed by atoms with Gasteiger partial charge in [0.2, 0.25) is 5.95 Å². The van der Waals surface area contributed by atoms with E-state index >= 15 is 0 Å². The topological polar surface area (TPSA) is 110 Å². The molecule has 0 saturated heterocycles. The van der Waals surface area contributed by atoms with E-state index in [4.69, 9.17) is 5.73 Å². The number of benzene rings is 1. The molecule has 0 bridgehead atoms. The fraction of sp³-hybridized carbons (Fsp3) is 0.267. The Morgan fingerprint density at radius 2 is 2.04 bits per heavy atom. The van der Waals surface area contributed by atoms with Crippen molar-refractivity contribution in [1.82, 2.24) is 19.5 Å². The second-order valence-corrected chi connectivity index (χ2v) is 6.04. The average Bonchev–Trinajstić information content (AvgIpc) is 2.87. The number of aliphatic hydroxyl groups excluding tert-OH is 1. The van der Waals surface area contributed by atoms with Crippen molar-refractivity contribution in [1.29, 1.82) is 0 Å². The minimum absolute atomic E-state index is 0.0439. The van der Waals surface area contributed by atoms with Crippen LogP contribution in [0.2, 0.25) is 0 Å². The summed E-state index contributed by atoms with van der Waals surface area (Å²) in [7, 11) is 0. The van der Waals surface area contributed by atoms with E-state index < -0.39 is 0 Å². The number of rotatable bonds is 6. The van der Waals surface area contributed by atoms with Crippen LogP contribution in [0.5, 0.6) is 0 Å². The molecule has 0 saturated carbocycles. The zero-order valence-electron chi connectivity index (χ0n) is 12.4. The maximum Gasteiger partial charge on any atom is 0.280 e. The zero-order chi connectivity index (χ0) is 16.2. The number of anilines is 1. The van der Waals surface area contributed by atoms with Crippen LogP contribution in [0.15, 0.2) is 40.3 Å². The molecule has 0 aliphatic rings. The molecule has 8 heteroatoms. The molecule has 0 unspecified atom stereocenters. The lowest BCUT2D eigenvalue weighted by Crippen LogP contribution is -2.12. The molecule has 3 aromatic rings. The summed E-state index contributed by atoms with van der Waals surface area (Å²) in [4.78, 5) is 22.9. The fourth-order valence-electron chi connectivity index (χ4n) is 2.32. The van der Waals surface area contributed by atoms with Gasteiger partial charge >= 0.3 is 0 Å². The first kappa shape index (κ1) is 15.6. The molecule has 0 amide bonds. The van der Waals surface area contributed by atoms with Gasteiger partial charge in [0, 0.05) is 12.3 Å². The van der Waals surface area contributed by atoms with Gasteiger partial charge in [-0.15, -0.1) is 0 Å². The molecule has 0 fully saturated rings. The third-order valence-corrected chi connectivity index (χ3v) is 4.36. The third-order valence-electron chi connectivity index (χ3n) is 3.38. The van der Waals surface area contributed by atoms with Crippen molar-refractivity contribution in [2.75, 3.05) is 18.1 Å². The summed E-state index contributed by atoms with van der Waals surface area (Å²) in [5.74, 6) is 0.856. The van der Waals surface area contributed by atoms with Gasteiger partial charge in [-0.2, -0.15) is 4.98 Å². The summed E-state index contributed by atoms with van der Waals surface area (Å²) in [5.41, 5.74) is 7.12. The van der Waals surface area contributed by atoms with E-state index in [-0.39, 0.29) is 23.6 Å². The van der Waals surface area contributed by atoms with Crippen molar-refractivity contribution in [2.24, 2.45) is 0 Å². The van der Waals surface area contributed by atoms with E-state index in [9.17, 15) is 9.90 Å². The summed E-state index contributed by atoms with van der Waals surface area (Å²) < 4.78 is 1.73. The van der Waals surface area contributed by atoms with E-state index in [1.54, 1.807) is 4.57 Å². The zero-order valence-corrected chi connectivity index (χ0v) is 13.2. The molecule has 0 atom stereocenters. The Hall–Kier alpha value is -2.32. The highest BCUT2D eigenvalue weighted by Crippen LogP contribution is 2.22. The van der Waals surface area contributed by atoms with Crippen molar-refractivity contribution in [2.45, 2.75) is 18.1 Å². The number of hydrogen-bond acceptors (Lipinski definition) is 6. The predicted molar refractivity (Wildman–Crippen MR) is 90.5 cm³/mol. The Morgan fingerprint density at radius 3 is 2.78 bits per heavy atom. The molecule has 120 valence electrons. The number of fused-ring (bicyclic) bond motifs is 1. The Kier molecular flexibility index (Phi) is 4.63. The molecule has 0 aliphatic heterocycles. The van der Waals surface area contributed by atoms with E-state index in [2.05, 4.69) is 27.1 Å². The second kappa shape index (κ2) is 6.84. The molecule has 0 spiro atoms. The lowest BCUT2D eigenvalue weighted by molar-refractivity contribution is 0.273. The number of thioether (sulfide) groups is 1. The SMILES string of the molecule is Nc1nc2c(nc(SCCc3ccccc3)n2CCO)c(=O)[nH]1. The summed E-state index contributed by atoms with van der Waals surface area (Å²) in [6.07, 6.45) is 0.889. The smallest absolute Gasteiger partial charge is 0.280 e. The number of imidazole rings is 1. The molecule has 3 rings (SSSR count). The van der Waals surface area contributed by atoms with E-state index in [1.165, 1.54) is 17.3 Å². The van der Waals surface area contributed by atoms with E-state index in [1.807, 2.05) is 18.2 Å². The number of aromatic nitrogens is 4. The quantitative estimate of drug-likeness (QED) is 0.582. The van der Waals surface area contributed by atoms with Gasteiger partial charge in [-0.25, -0.2) is 4.98 Å². The highest BCUT2D eigenvalue weighted by molar-refractivity contribution is 7.99. The van der Waals surface area contributed by atoms with Crippen molar-refractivity contribution in [3.63, 3.8) is 0 Å². The van der Waals surface area contributed by atoms with E-state index in [0.29, 0.717) is 17.3 Å². The van der Waals surface area contributed by atoms with Gasteiger partial charge < -0.3 is 15.4 Å². The van der Waals surface area contributed by atoms with Gasteiger partial charge in [-0.1, -0.05) is 42.1 Å². The van der Waals surface area contributed by atoms with Gasteiger partial charge in [0.05, 0.1) is 6.61 Å². The van der Waals surface area contributed by atoms with Crippen molar-refractivity contribution in [3.05, 3.63) is 46.2 Å². The number of nitrogens with zero attached hydrogens (tertiary/aromatic N) is 3. The van der Waals surface area contributed by atoms with Crippen molar-refractivity contribution < 1.29 is 5.11 Å². The Balaban J connectivity index is 1.86. The first-order chi connectivity index (χ1) is 11.2. The minimum atomic E-state index is -0.367. The molecule has 1 aromatic carbocycles. The molecular formula is C15H17N5O2S. The fourth-order valence-corrected chi connectivity index (χ4v) is 3.33. The van der Waals surface area contributed by atoms with Crippen LogP contribution in [0.4, 0.5) is 5.95 Å². The van der Waals surface area contributed by atoms with Crippen LogP contribution in [-0.4, -0.2) is 37.0 Å². The van der Waals surface area contributed by atoms with Crippen LogP contribution in [-0.2, 0) is 13.0 Å². The van der Waals surface area contributed by atoms with Crippen LogP contribution in [0.1, 0.15) is 5.56 Å². The second-order valence-electron chi connectivity index (χ2n) is 4.98. The number of H-pyrrole nitrogens is 1. The Bertz CT molecular complexity index is 859. The van der Waals surface area contributed by atoms with Crippen LogP contribution in [0.3, 0.4) is 0 Å². The first-order valence-electron chi connectivity index (χ1n) is 7.22. The number of nitrogen functional groups attached to an aromatic ring is 1.